The van der Waals surface area contributed by atoms with Gasteiger partial charge in [-0.15, -0.1) is 0 Å². The topological polar surface area (TPSA) is 38.1 Å². The zero-order valence-corrected chi connectivity index (χ0v) is 10.3. The molecular weight excluding hydrogens is 212 g/mol. The summed E-state index contributed by atoms with van der Waals surface area (Å²) in [5, 5.41) is 3.51. The van der Waals surface area contributed by atoms with E-state index in [-0.39, 0.29) is 6.04 Å². The van der Waals surface area contributed by atoms with Gasteiger partial charge in [-0.05, 0) is 38.1 Å². The minimum absolute atomic E-state index is 0.251. The van der Waals surface area contributed by atoms with Crippen LogP contribution in [0.5, 0.6) is 0 Å². The fraction of sp³-hybridized carbons (Fsp3) is 0.357. The quantitative estimate of drug-likeness (QED) is 0.858. The van der Waals surface area contributed by atoms with Crippen molar-refractivity contribution in [3.05, 3.63) is 54.2 Å². The second kappa shape index (κ2) is 5.64. The van der Waals surface area contributed by atoms with Crippen LogP contribution in [0.25, 0.3) is 0 Å². The lowest BCUT2D eigenvalue weighted by atomic mass is 10.1. The molecule has 1 N–H and O–H groups in total. The van der Waals surface area contributed by atoms with Crippen LogP contribution in [0, 0.1) is 0 Å². The molecule has 0 bridgehead atoms. The maximum Gasteiger partial charge on any atom is 0.105 e. The van der Waals surface area contributed by atoms with Crippen LogP contribution in [0.15, 0.2) is 47.2 Å². The highest BCUT2D eigenvalue weighted by molar-refractivity contribution is 5.08. The van der Waals surface area contributed by atoms with E-state index in [1.165, 1.54) is 0 Å². The summed E-state index contributed by atoms with van der Waals surface area (Å²) in [7, 11) is 0. The molecule has 0 spiro atoms. The SMILES string of the molecule is CC(Cc1ccco1)N[C@H](C)c1ccccn1. The Bertz CT molecular complexity index is 425. The molecule has 0 amide bonds. The summed E-state index contributed by atoms with van der Waals surface area (Å²) in [5.41, 5.74) is 1.07. The molecule has 2 atom stereocenters. The average Bonchev–Trinajstić information content (AvgIpc) is 2.82. The number of aromatic nitrogens is 1. The Hall–Kier alpha value is -1.61. The molecule has 2 aromatic heterocycles. The van der Waals surface area contributed by atoms with Gasteiger partial charge in [0.25, 0.3) is 0 Å². The average molecular weight is 230 g/mol. The fourth-order valence-corrected chi connectivity index (χ4v) is 1.93. The van der Waals surface area contributed by atoms with Crippen molar-refractivity contribution in [2.24, 2.45) is 0 Å². The van der Waals surface area contributed by atoms with Crippen LogP contribution in [0.1, 0.15) is 31.3 Å². The van der Waals surface area contributed by atoms with E-state index in [9.17, 15) is 0 Å². The summed E-state index contributed by atoms with van der Waals surface area (Å²) in [6, 6.07) is 10.5. The summed E-state index contributed by atoms with van der Waals surface area (Å²) in [6.45, 7) is 4.28. The summed E-state index contributed by atoms with van der Waals surface area (Å²) < 4.78 is 5.34. The number of nitrogens with one attached hydrogen (secondary N) is 1. The van der Waals surface area contributed by atoms with E-state index in [1.807, 2.05) is 36.5 Å². The Balaban J connectivity index is 1.88. The summed E-state index contributed by atoms with van der Waals surface area (Å²) >= 11 is 0. The van der Waals surface area contributed by atoms with Crippen LogP contribution < -0.4 is 5.32 Å². The summed E-state index contributed by atoms with van der Waals surface area (Å²) in [5.74, 6) is 1.01. The Morgan fingerprint density at radius 3 is 2.76 bits per heavy atom. The van der Waals surface area contributed by atoms with E-state index in [0.29, 0.717) is 6.04 Å². The van der Waals surface area contributed by atoms with Crippen molar-refractivity contribution in [3.63, 3.8) is 0 Å². The van der Waals surface area contributed by atoms with Gasteiger partial charge in [0.1, 0.15) is 5.76 Å². The van der Waals surface area contributed by atoms with E-state index >= 15 is 0 Å². The maximum atomic E-state index is 5.34. The molecule has 0 aliphatic rings. The molecule has 0 aliphatic carbocycles. The highest BCUT2D eigenvalue weighted by Crippen LogP contribution is 2.11. The van der Waals surface area contributed by atoms with Gasteiger partial charge in [-0.1, -0.05) is 6.07 Å². The first kappa shape index (κ1) is 11.9. The molecule has 0 fully saturated rings. The second-order valence-corrected chi connectivity index (χ2v) is 4.33. The van der Waals surface area contributed by atoms with Crippen LogP contribution in [0.2, 0.25) is 0 Å². The predicted octanol–water partition coefficient (Wildman–Crippen LogP) is 2.96. The van der Waals surface area contributed by atoms with Gasteiger partial charge in [-0.3, -0.25) is 4.98 Å². The number of rotatable bonds is 5. The fourth-order valence-electron chi connectivity index (χ4n) is 1.93. The van der Waals surface area contributed by atoms with Crippen LogP contribution in [0.3, 0.4) is 0 Å². The molecule has 0 radical (unpaired) electrons. The largest absolute Gasteiger partial charge is 0.469 e. The van der Waals surface area contributed by atoms with Crippen molar-refractivity contribution in [3.8, 4) is 0 Å². The van der Waals surface area contributed by atoms with E-state index in [4.69, 9.17) is 4.42 Å². The lowest BCUT2D eigenvalue weighted by Crippen LogP contribution is -2.31. The van der Waals surface area contributed by atoms with E-state index in [1.54, 1.807) is 6.26 Å². The third-order valence-electron chi connectivity index (χ3n) is 2.75. The molecule has 1 unspecified atom stereocenters. The Labute approximate surface area is 102 Å². The van der Waals surface area contributed by atoms with E-state index < -0.39 is 0 Å². The van der Waals surface area contributed by atoms with Crippen LogP contribution in [-0.2, 0) is 6.42 Å². The molecule has 0 saturated heterocycles. The van der Waals surface area contributed by atoms with Crippen LogP contribution >= 0.6 is 0 Å². The zero-order chi connectivity index (χ0) is 12.1. The molecule has 0 aliphatic heterocycles. The minimum Gasteiger partial charge on any atom is -0.469 e. The molecule has 0 aromatic carbocycles. The van der Waals surface area contributed by atoms with Crippen molar-refractivity contribution in [1.29, 1.82) is 0 Å². The first-order chi connectivity index (χ1) is 8.25. The van der Waals surface area contributed by atoms with Gasteiger partial charge >= 0.3 is 0 Å². The minimum atomic E-state index is 0.251. The molecule has 2 aromatic rings. The molecule has 3 heteroatoms. The summed E-state index contributed by atoms with van der Waals surface area (Å²) in [4.78, 5) is 4.34. The lowest BCUT2D eigenvalue weighted by Gasteiger charge is -2.18. The van der Waals surface area contributed by atoms with Gasteiger partial charge in [-0.25, -0.2) is 0 Å². The Kier molecular flexibility index (Phi) is 3.94. The molecule has 3 nitrogen and oxygen atoms in total. The van der Waals surface area contributed by atoms with Gasteiger partial charge in [0, 0.05) is 24.7 Å². The van der Waals surface area contributed by atoms with Crippen LogP contribution in [-0.4, -0.2) is 11.0 Å². The predicted molar refractivity (Wildman–Crippen MR) is 67.7 cm³/mol. The van der Waals surface area contributed by atoms with Gasteiger partial charge in [0.05, 0.1) is 12.0 Å². The third kappa shape index (κ3) is 3.43. The molecular formula is C14H18N2O. The maximum absolute atomic E-state index is 5.34. The Morgan fingerprint density at radius 1 is 1.24 bits per heavy atom. The zero-order valence-electron chi connectivity index (χ0n) is 10.3. The molecule has 17 heavy (non-hydrogen) atoms. The number of pyridine rings is 1. The highest BCUT2D eigenvalue weighted by Gasteiger charge is 2.11. The van der Waals surface area contributed by atoms with Gasteiger partial charge in [-0.2, -0.15) is 0 Å². The third-order valence-corrected chi connectivity index (χ3v) is 2.75. The number of nitrogens with zero attached hydrogens (tertiary/aromatic N) is 1. The summed E-state index contributed by atoms with van der Waals surface area (Å²) in [6.07, 6.45) is 4.43. The molecule has 90 valence electrons. The smallest absolute Gasteiger partial charge is 0.105 e. The van der Waals surface area contributed by atoms with E-state index in [2.05, 4.69) is 24.1 Å². The van der Waals surface area contributed by atoms with E-state index in [0.717, 1.165) is 17.9 Å². The normalized spacial score (nSPS) is 14.5. The number of hydrogen-bond donors (Lipinski definition) is 1. The van der Waals surface area contributed by atoms with Gasteiger partial charge in [0.2, 0.25) is 0 Å². The van der Waals surface area contributed by atoms with Crippen LogP contribution in [0.4, 0.5) is 0 Å². The van der Waals surface area contributed by atoms with Crippen molar-refractivity contribution in [1.82, 2.24) is 10.3 Å². The van der Waals surface area contributed by atoms with Gasteiger partial charge < -0.3 is 9.73 Å². The monoisotopic (exact) mass is 230 g/mol. The number of hydrogen-bond acceptors (Lipinski definition) is 3. The first-order valence-corrected chi connectivity index (χ1v) is 5.95. The number of furan rings is 1. The first-order valence-electron chi connectivity index (χ1n) is 5.95. The molecule has 2 rings (SSSR count). The lowest BCUT2D eigenvalue weighted by molar-refractivity contribution is 0.425. The van der Waals surface area contributed by atoms with Crippen molar-refractivity contribution < 1.29 is 4.42 Å². The second-order valence-electron chi connectivity index (χ2n) is 4.33. The van der Waals surface area contributed by atoms with Crippen molar-refractivity contribution in [2.75, 3.05) is 0 Å². The van der Waals surface area contributed by atoms with Crippen molar-refractivity contribution in [2.45, 2.75) is 32.4 Å². The Morgan fingerprint density at radius 2 is 2.12 bits per heavy atom. The highest BCUT2D eigenvalue weighted by atomic mass is 16.3. The standard InChI is InChI=1S/C14H18N2O/c1-11(10-13-6-5-9-17-13)16-12(2)14-7-3-4-8-15-14/h3-9,11-12,16H,10H2,1-2H3/t11?,12-/m1/s1. The van der Waals surface area contributed by atoms with Crippen molar-refractivity contribution >= 4 is 0 Å². The van der Waals surface area contributed by atoms with Gasteiger partial charge in [0.15, 0.2) is 0 Å². The molecule has 2 heterocycles. The molecule has 0 saturated carbocycles.